The molecule has 1 saturated heterocycles. The normalized spacial score (nSPS) is 16.4. The number of amides is 2. The number of nitrogens with zero attached hydrogens (tertiary/aromatic N) is 2. The number of hydrogen-bond donors (Lipinski definition) is 1. The van der Waals surface area contributed by atoms with Crippen molar-refractivity contribution in [2.24, 2.45) is 11.8 Å². The zero-order valence-corrected chi connectivity index (χ0v) is 19.2. The lowest BCUT2D eigenvalue weighted by atomic mass is 9.96. The highest BCUT2D eigenvalue weighted by molar-refractivity contribution is 6.30. The number of benzene rings is 1. The van der Waals surface area contributed by atoms with E-state index in [1.165, 1.54) is 10.6 Å². The minimum Gasteiger partial charge on any atom is -0.354 e. The van der Waals surface area contributed by atoms with Gasteiger partial charge < -0.3 is 5.32 Å². The molecule has 0 radical (unpaired) electrons. The summed E-state index contributed by atoms with van der Waals surface area (Å²) in [5.74, 6) is 0.282. The molecule has 1 atom stereocenters. The lowest BCUT2D eigenvalue weighted by Gasteiger charge is -2.33. The largest absolute Gasteiger partial charge is 0.354 e. The maximum absolute atomic E-state index is 12.8. The highest BCUT2D eigenvalue weighted by Gasteiger charge is 2.30. The number of halogens is 1. The second-order valence-corrected chi connectivity index (χ2v) is 8.87. The highest BCUT2D eigenvalue weighted by atomic mass is 35.5. The fourth-order valence-corrected chi connectivity index (χ4v) is 3.87. The first-order chi connectivity index (χ1) is 14.4. The monoisotopic (exact) mass is 437 g/mol. The molecule has 0 spiro atoms. The maximum Gasteiger partial charge on any atom is 0.245 e. The van der Waals surface area contributed by atoms with Crippen LogP contribution in [-0.4, -0.2) is 54.6 Å². The first-order valence-corrected chi connectivity index (χ1v) is 11.4. The Balaban J connectivity index is 1.77. The molecule has 1 fully saturated rings. The second kappa shape index (κ2) is 12.9. The minimum absolute atomic E-state index is 0.0296. The van der Waals surface area contributed by atoms with Crippen LogP contribution in [0.2, 0.25) is 5.02 Å². The van der Waals surface area contributed by atoms with Crippen LogP contribution in [0.5, 0.6) is 0 Å². The van der Waals surface area contributed by atoms with Crippen molar-refractivity contribution in [1.29, 1.82) is 0 Å². The molecule has 6 nitrogen and oxygen atoms in total. The van der Waals surface area contributed by atoms with E-state index in [-0.39, 0.29) is 11.8 Å². The highest BCUT2D eigenvalue weighted by Crippen LogP contribution is 2.20. The Morgan fingerprint density at radius 3 is 2.53 bits per heavy atom. The average molecular weight is 438 g/mol. The summed E-state index contributed by atoms with van der Waals surface area (Å²) in [5, 5.41) is 5.00. The maximum atomic E-state index is 12.8. The van der Waals surface area contributed by atoms with Gasteiger partial charge in [0.15, 0.2) is 0 Å². The molecule has 1 aromatic carbocycles. The van der Waals surface area contributed by atoms with Gasteiger partial charge in [-0.3, -0.25) is 19.3 Å². The molecule has 1 N–H and O–H groups in total. The number of piperidine rings is 1. The molecule has 168 valence electrons. The van der Waals surface area contributed by atoms with Crippen molar-refractivity contribution in [1.82, 2.24) is 15.3 Å². The Bertz CT molecular complexity index is 646. The van der Waals surface area contributed by atoms with Crippen molar-refractivity contribution in [3.05, 3.63) is 34.9 Å². The molecule has 2 rings (SSSR count). The van der Waals surface area contributed by atoms with Crippen LogP contribution in [0.25, 0.3) is 0 Å². The average Bonchev–Trinajstić information content (AvgIpc) is 2.74. The molecule has 1 aromatic rings. The van der Waals surface area contributed by atoms with Crippen LogP contribution in [0, 0.1) is 11.8 Å². The molecule has 0 aliphatic carbocycles. The summed E-state index contributed by atoms with van der Waals surface area (Å²) in [7, 11) is 0. The number of nitrogens with one attached hydrogen (secondary N) is 1. The van der Waals surface area contributed by atoms with E-state index < -0.39 is 6.04 Å². The minimum atomic E-state index is -0.607. The van der Waals surface area contributed by atoms with E-state index in [1.54, 1.807) is 0 Å². The predicted octanol–water partition coefficient (Wildman–Crippen LogP) is 3.88. The van der Waals surface area contributed by atoms with Crippen LogP contribution in [-0.2, 0) is 21.0 Å². The van der Waals surface area contributed by atoms with Crippen molar-refractivity contribution in [3.8, 4) is 0 Å². The Morgan fingerprint density at radius 2 is 1.97 bits per heavy atom. The number of carbonyl (C=O) groups is 2. The van der Waals surface area contributed by atoms with Crippen molar-refractivity contribution in [2.45, 2.75) is 59.0 Å². The molecule has 1 aliphatic rings. The molecule has 30 heavy (non-hydrogen) atoms. The Morgan fingerprint density at radius 1 is 1.30 bits per heavy atom. The van der Waals surface area contributed by atoms with Crippen LogP contribution in [0.3, 0.4) is 0 Å². The van der Waals surface area contributed by atoms with Gasteiger partial charge in [-0.1, -0.05) is 50.9 Å². The molecule has 0 aromatic heterocycles. The van der Waals surface area contributed by atoms with Gasteiger partial charge in [-0.05, 0) is 61.9 Å². The first kappa shape index (κ1) is 24.6. The molecule has 7 heteroatoms. The SMILES string of the molecule is CCCCON(C=O)[C@H](C(=O)NCC1CCN(Cc2ccc(Cl)cc2)CC1)C(C)C. The van der Waals surface area contributed by atoms with Crippen molar-refractivity contribution in [2.75, 3.05) is 26.2 Å². The van der Waals surface area contributed by atoms with Gasteiger partial charge in [-0.25, -0.2) is 5.06 Å². The number of rotatable bonds is 12. The van der Waals surface area contributed by atoms with E-state index in [1.807, 2.05) is 26.0 Å². The Labute approximate surface area is 185 Å². The standard InChI is InChI=1S/C23H36ClN3O3/c1-4-5-14-30-27(17-28)22(18(2)3)23(29)25-15-19-10-12-26(13-11-19)16-20-6-8-21(24)9-7-20/h6-9,17-19,22H,4-5,10-16H2,1-3H3,(H,25,29)/t22-/m0/s1. The van der Waals surface area contributed by atoms with Gasteiger partial charge in [0.25, 0.3) is 0 Å². The number of hydrogen-bond acceptors (Lipinski definition) is 4. The van der Waals surface area contributed by atoms with Crippen LogP contribution in [0.1, 0.15) is 52.0 Å². The van der Waals surface area contributed by atoms with E-state index in [4.69, 9.17) is 16.4 Å². The number of hydroxylamine groups is 2. The van der Waals surface area contributed by atoms with Gasteiger partial charge >= 0.3 is 0 Å². The Kier molecular flexibility index (Phi) is 10.6. The molecule has 0 saturated carbocycles. The fourth-order valence-electron chi connectivity index (χ4n) is 3.75. The second-order valence-electron chi connectivity index (χ2n) is 8.43. The predicted molar refractivity (Wildman–Crippen MR) is 120 cm³/mol. The van der Waals surface area contributed by atoms with E-state index in [9.17, 15) is 9.59 Å². The Hall–Kier alpha value is -1.63. The van der Waals surface area contributed by atoms with Crippen LogP contribution >= 0.6 is 11.6 Å². The van der Waals surface area contributed by atoms with Crippen LogP contribution in [0.15, 0.2) is 24.3 Å². The number of likely N-dealkylation sites (tertiary alicyclic amines) is 1. The smallest absolute Gasteiger partial charge is 0.245 e. The molecule has 1 aliphatic heterocycles. The number of carbonyl (C=O) groups excluding carboxylic acids is 2. The van der Waals surface area contributed by atoms with E-state index in [0.29, 0.717) is 25.5 Å². The molecule has 0 unspecified atom stereocenters. The first-order valence-electron chi connectivity index (χ1n) is 11.1. The lowest BCUT2D eigenvalue weighted by Crippen LogP contribution is -2.50. The quantitative estimate of drug-likeness (QED) is 0.306. The van der Waals surface area contributed by atoms with Crippen LogP contribution in [0.4, 0.5) is 0 Å². The van der Waals surface area contributed by atoms with Crippen LogP contribution < -0.4 is 5.32 Å². The summed E-state index contributed by atoms with van der Waals surface area (Å²) in [4.78, 5) is 32.2. The molecule has 0 bridgehead atoms. The summed E-state index contributed by atoms with van der Waals surface area (Å²) >= 11 is 5.96. The van der Waals surface area contributed by atoms with Crippen molar-refractivity contribution >= 4 is 23.9 Å². The van der Waals surface area contributed by atoms with Gasteiger partial charge in [-0.2, -0.15) is 0 Å². The van der Waals surface area contributed by atoms with Crippen molar-refractivity contribution < 1.29 is 14.4 Å². The molecule has 2 amide bonds. The van der Waals surface area contributed by atoms with Crippen molar-refractivity contribution in [3.63, 3.8) is 0 Å². The van der Waals surface area contributed by atoms with E-state index in [0.717, 1.165) is 50.3 Å². The summed E-state index contributed by atoms with van der Waals surface area (Å²) in [6.07, 6.45) is 4.54. The summed E-state index contributed by atoms with van der Waals surface area (Å²) in [6.45, 7) is 9.94. The number of unbranched alkanes of at least 4 members (excludes halogenated alkanes) is 1. The third-order valence-electron chi connectivity index (χ3n) is 5.61. The van der Waals surface area contributed by atoms with E-state index in [2.05, 4.69) is 29.3 Å². The topological polar surface area (TPSA) is 61.9 Å². The molecule has 1 heterocycles. The summed E-state index contributed by atoms with van der Waals surface area (Å²) < 4.78 is 0. The van der Waals surface area contributed by atoms with Gasteiger partial charge in [0, 0.05) is 18.1 Å². The summed E-state index contributed by atoms with van der Waals surface area (Å²) in [6, 6.07) is 7.39. The van der Waals surface area contributed by atoms with Gasteiger partial charge in [0.1, 0.15) is 6.04 Å². The summed E-state index contributed by atoms with van der Waals surface area (Å²) in [5.41, 5.74) is 1.27. The van der Waals surface area contributed by atoms with Gasteiger partial charge in [-0.15, -0.1) is 0 Å². The molecular weight excluding hydrogens is 402 g/mol. The zero-order chi connectivity index (χ0) is 21.9. The third-order valence-corrected chi connectivity index (χ3v) is 5.86. The van der Waals surface area contributed by atoms with E-state index >= 15 is 0 Å². The van der Waals surface area contributed by atoms with Gasteiger partial charge in [0.05, 0.1) is 6.61 Å². The molecular formula is C23H36ClN3O3. The van der Waals surface area contributed by atoms with Gasteiger partial charge in [0.2, 0.25) is 12.3 Å². The fraction of sp³-hybridized carbons (Fsp3) is 0.652. The third kappa shape index (κ3) is 7.89. The lowest BCUT2D eigenvalue weighted by molar-refractivity contribution is -0.195. The zero-order valence-electron chi connectivity index (χ0n) is 18.5.